The van der Waals surface area contributed by atoms with E-state index in [0.29, 0.717) is 24.4 Å². The third-order valence-corrected chi connectivity index (χ3v) is 5.00. The summed E-state index contributed by atoms with van der Waals surface area (Å²) in [7, 11) is 1.60. The van der Waals surface area contributed by atoms with Crippen LogP contribution >= 0.6 is 15.9 Å². The molecule has 0 radical (unpaired) electrons. The Balaban J connectivity index is 1.51. The molecule has 7 heteroatoms. The monoisotopic (exact) mass is 432 g/mol. The molecule has 1 fully saturated rings. The molecule has 1 aromatic carbocycles. The van der Waals surface area contributed by atoms with E-state index in [2.05, 4.69) is 21.2 Å². The van der Waals surface area contributed by atoms with E-state index >= 15 is 0 Å². The Bertz CT molecular complexity index is 825. The molecular formula is C20H21BrN2O4. The van der Waals surface area contributed by atoms with Crippen LogP contribution in [0.4, 0.5) is 0 Å². The lowest BCUT2D eigenvalue weighted by Crippen LogP contribution is -2.46. The number of halogens is 1. The standard InChI is InChI=1S/C20H21BrN2O4/c1-26-18-4-3-16(21)12-14(18)2-5-19(24)22-17-6-9-23(10-7-17)20(25)15-8-11-27-13-15/h2-5,8,11-13,17H,6-7,9-10H2,1H3,(H,22,24)/b5-2+. The fraction of sp³-hybridized carbons (Fsp3) is 0.300. The van der Waals surface area contributed by atoms with Gasteiger partial charge in [0.2, 0.25) is 5.91 Å². The van der Waals surface area contributed by atoms with Crippen LogP contribution < -0.4 is 10.1 Å². The Morgan fingerprint density at radius 1 is 1.30 bits per heavy atom. The molecule has 2 aromatic rings. The van der Waals surface area contributed by atoms with E-state index in [1.54, 1.807) is 24.2 Å². The molecule has 0 bridgehead atoms. The summed E-state index contributed by atoms with van der Waals surface area (Å²) >= 11 is 3.42. The van der Waals surface area contributed by atoms with Gasteiger partial charge in [0.1, 0.15) is 12.0 Å². The fourth-order valence-electron chi connectivity index (χ4n) is 3.05. The van der Waals surface area contributed by atoms with Gasteiger partial charge in [0.15, 0.2) is 0 Å². The van der Waals surface area contributed by atoms with Gasteiger partial charge in [0.25, 0.3) is 5.91 Å². The number of piperidine rings is 1. The van der Waals surface area contributed by atoms with Crippen molar-refractivity contribution in [3.63, 3.8) is 0 Å². The van der Waals surface area contributed by atoms with Gasteiger partial charge in [-0.2, -0.15) is 0 Å². The smallest absolute Gasteiger partial charge is 0.257 e. The highest BCUT2D eigenvalue weighted by Crippen LogP contribution is 2.24. The normalized spacial score (nSPS) is 15.1. The summed E-state index contributed by atoms with van der Waals surface area (Å²) in [4.78, 5) is 26.3. The van der Waals surface area contributed by atoms with Crippen LogP contribution in [0.3, 0.4) is 0 Å². The highest BCUT2D eigenvalue weighted by atomic mass is 79.9. The summed E-state index contributed by atoms with van der Waals surface area (Å²) in [6, 6.07) is 7.34. The van der Waals surface area contributed by atoms with Gasteiger partial charge in [-0.1, -0.05) is 15.9 Å². The number of nitrogens with one attached hydrogen (secondary N) is 1. The molecular weight excluding hydrogens is 412 g/mol. The zero-order chi connectivity index (χ0) is 19.2. The number of benzene rings is 1. The predicted octanol–water partition coefficient (Wildman–Crippen LogP) is 3.48. The minimum atomic E-state index is -0.156. The van der Waals surface area contributed by atoms with Crippen LogP contribution in [0.1, 0.15) is 28.8 Å². The van der Waals surface area contributed by atoms with Crippen molar-refractivity contribution in [1.29, 1.82) is 0 Å². The van der Waals surface area contributed by atoms with Crippen LogP contribution in [0.2, 0.25) is 0 Å². The van der Waals surface area contributed by atoms with E-state index in [-0.39, 0.29) is 17.9 Å². The van der Waals surface area contributed by atoms with Crippen molar-refractivity contribution in [3.05, 3.63) is 58.5 Å². The number of carbonyl (C=O) groups is 2. The third kappa shape index (κ3) is 5.01. The molecule has 0 atom stereocenters. The number of hydrogen-bond acceptors (Lipinski definition) is 4. The quantitative estimate of drug-likeness (QED) is 0.733. The van der Waals surface area contributed by atoms with Gasteiger partial charge in [-0.15, -0.1) is 0 Å². The summed E-state index contributed by atoms with van der Waals surface area (Å²) < 4.78 is 11.2. The molecule has 1 aliphatic heterocycles. The SMILES string of the molecule is COc1ccc(Br)cc1/C=C/C(=O)NC1CCN(C(=O)c2ccoc2)CC1. The number of methoxy groups -OCH3 is 1. The maximum absolute atomic E-state index is 12.3. The number of likely N-dealkylation sites (tertiary alicyclic amines) is 1. The van der Waals surface area contributed by atoms with Crippen LogP contribution in [0.15, 0.2) is 51.8 Å². The van der Waals surface area contributed by atoms with E-state index in [0.717, 1.165) is 22.9 Å². The molecule has 1 aromatic heterocycles. The highest BCUT2D eigenvalue weighted by Gasteiger charge is 2.24. The number of rotatable bonds is 5. The fourth-order valence-corrected chi connectivity index (χ4v) is 3.42. The number of furan rings is 1. The summed E-state index contributed by atoms with van der Waals surface area (Å²) in [5.41, 5.74) is 1.38. The van der Waals surface area contributed by atoms with Crippen molar-refractivity contribution in [2.75, 3.05) is 20.2 Å². The molecule has 3 rings (SSSR count). The number of ether oxygens (including phenoxy) is 1. The van der Waals surface area contributed by atoms with E-state index in [1.807, 2.05) is 18.2 Å². The van der Waals surface area contributed by atoms with Gasteiger partial charge < -0.3 is 19.4 Å². The Morgan fingerprint density at radius 3 is 2.74 bits per heavy atom. The zero-order valence-corrected chi connectivity index (χ0v) is 16.6. The van der Waals surface area contributed by atoms with Crippen LogP contribution in [0, 0.1) is 0 Å². The molecule has 2 amide bonds. The van der Waals surface area contributed by atoms with Gasteiger partial charge in [-0.25, -0.2) is 0 Å². The second-order valence-corrected chi connectivity index (χ2v) is 7.22. The van der Waals surface area contributed by atoms with Crippen molar-refractivity contribution in [2.45, 2.75) is 18.9 Å². The number of hydrogen-bond donors (Lipinski definition) is 1. The molecule has 1 saturated heterocycles. The first-order valence-corrected chi connectivity index (χ1v) is 9.49. The van der Waals surface area contributed by atoms with Crippen molar-refractivity contribution in [1.82, 2.24) is 10.2 Å². The van der Waals surface area contributed by atoms with Gasteiger partial charge in [-0.3, -0.25) is 9.59 Å². The second-order valence-electron chi connectivity index (χ2n) is 6.31. The van der Waals surface area contributed by atoms with Crippen LogP contribution in [-0.2, 0) is 4.79 Å². The van der Waals surface area contributed by atoms with Gasteiger partial charge in [-0.05, 0) is 43.2 Å². The van der Waals surface area contributed by atoms with Crippen molar-refractivity contribution < 1.29 is 18.7 Å². The molecule has 1 N–H and O–H groups in total. The van der Waals surface area contributed by atoms with Gasteiger partial charge in [0.05, 0.1) is 18.9 Å². The third-order valence-electron chi connectivity index (χ3n) is 4.50. The molecule has 0 saturated carbocycles. The molecule has 0 spiro atoms. The molecule has 0 unspecified atom stereocenters. The van der Waals surface area contributed by atoms with E-state index in [4.69, 9.17) is 9.15 Å². The zero-order valence-electron chi connectivity index (χ0n) is 15.0. The van der Waals surface area contributed by atoms with Crippen LogP contribution in [0.5, 0.6) is 5.75 Å². The first kappa shape index (κ1) is 19.2. The highest BCUT2D eigenvalue weighted by molar-refractivity contribution is 9.10. The first-order valence-electron chi connectivity index (χ1n) is 8.70. The summed E-state index contributed by atoms with van der Waals surface area (Å²) in [5, 5.41) is 3.00. The largest absolute Gasteiger partial charge is 0.496 e. The summed E-state index contributed by atoms with van der Waals surface area (Å²) in [5.74, 6) is 0.514. The lowest BCUT2D eigenvalue weighted by Gasteiger charge is -2.32. The second kappa shape index (κ2) is 8.90. The van der Waals surface area contributed by atoms with E-state index in [9.17, 15) is 9.59 Å². The molecule has 142 valence electrons. The lowest BCUT2D eigenvalue weighted by atomic mass is 10.0. The van der Waals surface area contributed by atoms with Crippen molar-refractivity contribution in [3.8, 4) is 5.75 Å². The van der Waals surface area contributed by atoms with Gasteiger partial charge in [0, 0.05) is 35.2 Å². The Morgan fingerprint density at radius 2 is 2.07 bits per heavy atom. The van der Waals surface area contributed by atoms with Crippen molar-refractivity contribution >= 4 is 33.8 Å². The Labute approximate surface area is 166 Å². The molecule has 2 heterocycles. The number of amides is 2. The minimum Gasteiger partial charge on any atom is -0.496 e. The van der Waals surface area contributed by atoms with Gasteiger partial charge >= 0.3 is 0 Å². The van der Waals surface area contributed by atoms with E-state index < -0.39 is 0 Å². The van der Waals surface area contributed by atoms with Crippen LogP contribution in [-0.4, -0.2) is 43.0 Å². The lowest BCUT2D eigenvalue weighted by molar-refractivity contribution is -0.117. The molecule has 6 nitrogen and oxygen atoms in total. The molecule has 27 heavy (non-hydrogen) atoms. The average Bonchev–Trinajstić information content (AvgIpc) is 3.21. The Hall–Kier alpha value is -2.54. The average molecular weight is 433 g/mol. The van der Waals surface area contributed by atoms with Crippen LogP contribution in [0.25, 0.3) is 6.08 Å². The maximum atomic E-state index is 12.3. The number of carbonyl (C=O) groups excluding carboxylic acids is 2. The molecule has 0 aliphatic carbocycles. The first-order chi connectivity index (χ1) is 13.1. The van der Waals surface area contributed by atoms with E-state index in [1.165, 1.54) is 18.6 Å². The predicted molar refractivity (Wildman–Crippen MR) is 106 cm³/mol. The minimum absolute atomic E-state index is 0.0322. The maximum Gasteiger partial charge on any atom is 0.257 e. The summed E-state index contributed by atoms with van der Waals surface area (Å²) in [6.07, 6.45) is 7.64. The van der Waals surface area contributed by atoms with Crippen molar-refractivity contribution in [2.24, 2.45) is 0 Å². The number of nitrogens with zero attached hydrogens (tertiary/aromatic N) is 1. The molecule has 1 aliphatic rings. The summed E-state index contributed by atoms with van der Waals surface area (Å²) in [6.45, 7) is 1.22. The topological polar surface area (TPSA) is 71.8 Å². The Kier molecular flexibility index (Phi) is 6.34.